The number of nitro groups is 1. The first-order chi connectivity index (χ1) is 16.8. The monoisotopic (exact) mass is 488 g/mol. The Kier molecular flexibility index (Phi) is 6.88. The molecule has 0 aliphatic carbocycles. The van der Waals surface area contributed by atoms with Crippen LogP contribution >= 0.6 is 12.2 Å². The van der Waals surface area contributed by atoms with Gasteiger partial charge in [0.1, 0.15) is 5.52 Å². The largest absolute Gasteiger partial charge is 0.436 e. The van der Waals surface area contributed by atoms with Gasteiger partial charge in [0, 0.05) is 28.4 Å². The Morgan fingerprint density at radius 3 is 2.69 bits per heavy atom. The van der Waals surface area contributed by atoms with Crippen molar-refractivity contribution in [2.24, 2.45) is 0 Å². The van der Waals surface area contributed by atoms with E-state index in [1.54, 1.807) is 6.07 Å². The van der Waals surface area contributed by atoms with Gasteiger partial charge >= 0.3 is 0 Å². The van der Waals surface area contributed by atoms with E-state index in [-0.39, 0.29) is 21.9 Å². The molecule has 1 aromatic heterocycles. The highest BCUT2D eigenvalue weighted by atomic mass is 32.1. The predicted molar refractivity (Wildman–Crippen MR) is 140 cm³/mol. The molecular weight excluding hydrogens is 464 g/mol. The summed E-state index contributed by atoms with van der Waals surface area (Å²) in [6, 6.07) is 17.7. The van der Waals surface area contributed by atoms with Crippen molar-refractivity contribution in [2.75, 3.05) is 5.32 Å². The lowest BCUT2D eigenvalue weighted by Gasteiger charge is -2.11. The topological polar surface area (TPSA) is 110 Å². The van der Waals surface area contributed by atoms with Crippen molar-refractivity contribution >= 4 is 45.7 Å². The summed E-state index contributed by atoms with van der Waals surface area (Å²) < 4.78 is 5.95. The van der Waals surface area contributed by atoms with Gasteiger partial charge in [-0.2, -0.15) is 0 Å². The molecule has 3 aromatic carbocycles. The molecule has 0 saturated heterocycles. The minimum absolute atomic E-state index is 0.0637. The van der Waals surface area contributed by atoms with Gasteiger partial charge in [-0.1, -0.05) is 32.0 Å². The summed E-state index contributed by atoms with van der Waals surface area (Å²) in [7, 11) is 0. The van der Waals surface area contributed by atoms with E-state index < -0.39 is 10.8 Å². The van der Waals surface area contributed by atoms with Crippen molar-refractivity contribution in [1.82, 2.24) is 10.3 Å². The first-order valence-electron chi connectivity index (χ1n) is 11.1. The van der Waals surface area contributed by atoms with Gasteiger partial charge < -0.3 is 9.73 Å². The maximum atomic E-state index is 12.6. The fourth-order valence-corrected chi connectivity index (χ4v) is 3.95. The molecule has 0 radical (unpaired) electrons. The Morgan fingerprint density at radius 2 is 1.94 bits per heavy atom. The zero-order valence-electron chi connectivity index (χ0n) is 19.5. The Balaban J connectivity index is 1.50. The number of nitrogens with zero attached hydrogens (tertiary/aromatic N) is 2. The number of benzene rings is 3. The van der Waals surface area contributed by atoms with Crippen molar-refractivity contribution in [2.45, 2.75) is 33.1 Å². The summed E-state index contributed by atoms with van der Waals surface area (Å²) in [5.41, 5.74) is 4.43. The number of carbonyl (C=O) groups is 1. The van der Waals surface area contributed by atoms with Crippen LogP contribution in [0.1, 0.15) is 47.7 Å². The van der Waals surface area contributed by atoms with Crippen LogP contribution in [0.4, 0.5) is 11.4 Å². The summed E-state index contributed by atoms with van der Waals surface area (Å²) in [5.74, 6) is 0.386. The third-order valence-electron chi connectivity index (χ3n) is 5.93. The Morgan fingerprint density at radius 1 is 1.17 bits per heavy atom. The molecule has 9 heteroatoms. The average molecular weight is 489 g/mol. The van der Waals surface area contributed by atoms with Gasteiger partial charge in [0.25, 0.3) is 11.6 Å². The van der Waals surface area contributed by atoms with Gasteiger partial charge in [0.15, 0.2) is 10.7 Å². The number of hydrogen-bond acceptors (Lipinski definition) is 6. The summed E-state index contributed by atoms with van der Waals surface area (Å²) in [6.07, 6.45) is 1.04. The highest BCUT2D eigenvalue weighted by Crippen LogP contribution is 2.29. The molecule has 2 N–H and O–H groups in total. The highest BCUT2D eigenvalue weighted by molar-refractivity contribution is 7.80. The molecule has 178 valence electrons. The van der Waals surface area contributed by atoms with Crippen molar-refractivity contribution in [3.8, 4) is 11.5 Å². The molecule has 0 aliphatic rings. The lowest BCUT2D eigenvalue weighted by atomic mass is 9.98. The summed E-state index contributed by atoms with van der Waals surface area (Å²) >= 11 is 5.29. The molecule has 0 fully saturated rings. The molecular formula is C26H24N4O4S. The van der Waals surface area contributed by atoms with Crippen LogP contribution in [0.5, 0.6) is 0 Å². The van der Waals surface area contributed by atoms with Gasteiger partial charge in [-0.05, 0) is 73.4 Å². The number of rotatable bonds is 6. The quantitative estimate of drug-likeness (QED) is 0.185. The molecule has 8 nitrogen and oxygen atoms in total. The molecule has 1 unspecified atom stereocenters. The number of amides is 1. The van der Waals surface area contributed by atoms with E-state index >= 15 is 0 Å². The Hall–Kier alpha value is -4.11. The van der Waals surface area contributed by atoms with E-state index in [1.165, 1.54) is 30.7 Å². The molecule has 0 aliphatic heterocycles. The first-order valence-corrected chi connectivity index (χ1v) is 11.5. The number of aromatic nitrogens is 1. The fourth-order valence-electron chi connectivity index (χ4n) is 3.74. The first kappa shape index (κ1) is 24.0. The summed E-state index contributed by atoms with van der Waals surface area (Å²) in [6.45, 7) is 5.86. The number of hydrogen-bond donors (Lipinski definition) is 2. The number of nitro benzene ring substituents is 1. The van der Waals surface area contributed by atoms with Crippen LogP contribution in [0.15, 0.2) is 65.1 Å². The summed E-state index contributed by atoms with van der Waals surface area (Å²) in [5, 5.41) is 16.8. The van der Waals surface area contributed by atoms with Gasteiger partial charge in [-0.3, -0.25) is 20.2 Å². The minimum atomic E-state index is -0.532. The number of fused-ring (bicyclic) bond motifs is 1. The minimum Gasteiger partial charge on any atom is -0.436 e. The predicted octanol–water partition coefficient (Wildman–Crippen LogP) is 6.35. The van der Waals surface area contributed by atoms with Crippen LogP contribution in [0, 0.1) is 17.0 Å². The molecule has 4 rings (SSSR count). The lowest BCUT2D eigenvalue weighted by Crippen LogP contribution is -2.34. The fraction of sp³-hybridized carbons (Fsp3) is 0.192. The number of thiocarbonyl (C=S) groups is 1. The average Bonchev–Trinajstić information content (AvgIpc) is 3.27. The van der Waals surface area contributed by atoms with Crippen molar-refractivity contribution in [3.63, 3.8) is 0 Å². The van der Waals surface area contributed by atoms with Crippen LogP contribution in [-0.2, 0) is 0 Å². The molecule has 0 saturated carbocycles. The zero-order valence-corrected chi connectivity index (χ0v) is 20.3. The molecule has 4 aromatic rings. The second-order valence-electron chi connectivity index (χ2n) is 8.25. The standard InChI is InChI=1S/C26H24N4O4S/c1-4-15(2)17-11-12-23-21(14-17)28-25(34-23)18-7-5-8-19(13-18)27-26(35)29-24(31)20-9-6-10-22(16(20)3)30(32)33/h5-15H,4H2,1-3H3,(H2,27,29,31,35). The number of anilines is 1. The van der Waals surface area contributed by atoms with E-state index in [2.05, 4.69) is 41.6 Å². The van der Waals surface area contributed by atoms with Crippen LogP contribution in [0.25, 0.3) is 22.6 Å². The number of oxazole rings is 1. The van der Waals surface area contributed by atoms with E-state index in [9.17, 15) is 14.9 Å². The van der Waals surface area contributed by atoms with Crippen LogP contribution in [0.2, 0.25) is 0 Å². The molecule has 1 atom stereocenters. The third-order valence-corrected chi connectivity index (χ3v) is 6.14. The van der Waals surface area contributed by atoms with Crippen molar-refractivity contribution in [1.29, 1.82) is 0 Å². The summed E-state index contributed by atoms with van der Waals surface area (Å²) in [4.78, 5) is 27.9. The number of carbonyl (C=O) groups excluding carboxylic acids is 1. The SMILES string of the molecule is CCC(C)c1ccc2oc(-c3cccc(NC(=S)NC(=O)c4cccc([N+](=O)[O-])c4C)c3)nc2c1. The molecule has 1 amide bonds. The van der Waals surface area contributed by atoms with E-state index in [4.69, 9.17) is 16.6 Å². The molecule has 0 spiro atoms. The van der Waals surface area contributed by atoms with Gasteiger partial charge in [0.2, 0.25) is 5.89 Å². The van der Waals surface area contributed by atoms with Crippen molar-refractivity contribution in [3.05, 3.63) is 87.5 Å². The van der Waals surface area contributed by atoms with Gasteiger partial charge in [-0.25, -0.2) is 4.98 Å². The molecule has 1 heterocycles. The van der Waals surface area contributed by atoms with Crippen LogP contribution < -0.4 is 10.6 Å². The zero-order chi connectivity index (χ0) is 25.1. The second-order valence-corrected chi connectivity index (χ2v) is 8.66. The Labute approximate surface area is 207 Å². The van der Waals surface area contributed by atoms with Gasteiger partial charge in [0.05, 0.1) is 4.92 Å². The van der Waals surface area contributed by atoms with E-state index in [0.29, 0.717) is 23.1 Å². The second kappa shape index (κ2) is 10.0. The molecule has 0 bridgehead atoms. The lowest BCUT2D eigenvalue weighted by molar-refractivity contribution is -0.385. The van der Waals surface area contributed by atoms with Crippen LogP contribution in [0.3, 0.4) is 0 Å². The normalized spacial score (nSPS) is 11.7. The third kappa shape index (κ3) is 5.20. The maximum absolute atomic E-state index is 12.6. The highest BCUT2D eigenvalue weighted by Gasteiger charge is 2.19. The van der Waals surface area contributed by atoms with E-state index in [1.807, 2.05) is 24.3 Å². The Bertz CT molecular complexity index is 1450. The smallest absolute Gasteiger partial charge is 0.273 e. The van der Waals surface area contributed by atoms with Gasteiger partial charge in [-0.15, -0.1) is 0 Å². The number of nitrogens with one attached hydrogen (secondary N) is 2. The van der Waals surface area contributed by atoms with Crippen LogP contribution in [-0.4, -0.2) is 20.9 Å². The van der Waals surface area contributed by atoms with Crippen molar-refractivity contribution < 1.29 is 14.1 Å². The maximum Gasteiger partial charge on any atom is 0.273 e. The molecule has 35 heavy (non-hydrogen) atoms. The van der Waals surface area contributed by atoms with E-state index in [0.717, 1.165) is 17.5 Å².